The van der Waals surface area contributed by atoms with Crippen molar-refractivity contribution >= 4 is 17.9 Å². The molecule has 1 aliphatic heterocycles. The molecule has 116 valence electrons. The number of ether oxygens (including phenoxy) is 1. The van der Waals surface area contributed by atoms with Crippen LogP contribution in [0.1, 0.15) is 35.3 Å². The number of carbonyl (C=O) groups is 1. The van der Waals surface area contributed by atoms with E-state index in [-0.39, 0.29) is 17.1 Å². The molecule has 0 aromatic heterocycles. The van der Waals surface area contributed by atoms with E-state index in [4.69, 9.17) is 4.74 Å². The number of phenolic OH excluding ortho intramolecular Hbond substituents is 1. The third-order valence-corrected chi connectivity index (χ3v) is 3.66. The van der Waals surface area contributed by atoms with Crippen LogP contribution in [0.15, 0.2) is 54.6 Å². The molecule has 0 radical (unpaired) electrons. The largest absolute Gasteiger partial charge is 0.507 e. The number of phenols is 1. The average molecular weight is 306 g/mol. The summed E-state index contributed by atoms with van der Waals surface area (Å²) in [6.45, 7) is 3.87. The fraction of sp³-hybridized carbons (Fsp3) is 0.150. The minimum absolute atomic E-state index is 0.0717. The van der Waals surface area contributed by atoms with E-state index in [2.05, 4.69) is 0 Å². The number of benzene rings is 2. The van der Waals surface area contributed by atoms with Crippen molar-refractivity contribution in [2.24, 2.45) is 0 Å². The summed E-state index contributed by atoms with van der Waals surface area (Å²) in [5, 5.41) is 10.1. The molecule has 0 bridgehead atoms. The molecule has 0 atom stereocenters. The summed E-state index contributed by atoms with van der Waals surface area (Å²) in [7, 11) is 0. The van der Waals surface area contributed by atoms with Crippen molar-refractivity contribution in [2.75, 3.05) is 0 Å². The second-order valence-corrected chi connectivity index (χ2v) is 6.05. The summed E-state index contributed by atoms with van der Waals surface area (Å²) in [5.41, 5.74) is 1.57. The van der Waals surface area contributed by atoms with Crippen LogP contribution in [-0.4, -0.2) is 16.5 Å². The quantitative estimate of drug-likeness (QED) is 0.672. The van der Waals surface area contributed by atoms with E-state index >= 15 is 0 Å². The van der Waals surface area contributed by atoms with Crippen LogP contribution in [0.5, 0.6) is 11.5 Å². The molecule has 0 saturated carbocycles. The van der Waals surface area contributed by atoms with Gasteiger partial charge in [0.2, 0.25) is 0 Å². The Morgan fingerprint density at radius 1 is 1.17 bits per heavy atom. The molecule has 3 nitrogen and oxygen atoms in total. The Morgan fingerprint density at radius 3 is 2.65 bits per heavy atom. The molecule has 23 heavy (non-hydrogen) atoms. The van der Waals surface area contributed by atoms with E-state index in [0.717, 1.165) is 11.1 Å². The van der Waals surface area contributed by atoms with Gasteiger partial charge in [-0.15, -0.1) is 0 Å². The van der Waals surface area contributed by atoms with Crippen molar-refractivity contribution in [3.8, 4) is 11.5 Å². The van der Waals surface area contributed by atoms with Gasteiger partial charge in [0.05, 0.1) is 5.56 Å². The van der Waals surface area contributed by atoms with Gasteiger partial charge in [-0.2, -0.15) is 0 Å². The predicted molar refractivity (Wildman–Crippen MR) is 91.7 cm³/mol. The highest BCUT2D eigenvalue weighted by molar-refractivity contribution is 6.09. The van der Waals surface area contributed by atoms with Gasteiger partial charge in [0, 0.05) is 11.6 Å². The number of hydrogen-bond acceptors (Lipinski definition) is 3. The maximum absolute atomic E-state index is 12.3. The molecule has 0 saturated heterocycles. The Morgan fingerprint density at radius 2 is 1.91 bits per heavy atom. The topological polar surface area (TPSA) is 46.5 Å². The number of ketones is 1. The molecular weight excluding hydrogens is 288 g/mol. The lowest BCUT2D eigenvalue weighted by Crippen LogP contribution is -2.27. The molecule has 2 aromatic carbocycles. The van der Waals surface area contributed by atoms with E-state index in [0.29, 0.717) is 5.75 Å². The molecule has 0 spiro atoms. The molecule has 2 aromatic rings. The van der Waals surface area contributed by atoms with Gasteiger partial charge in [-0.1, -0.05) is 42.5 Å². The highest BCUT2D eigenvalue weighted by Crippen LogP contribution is 2.35. The molecule has 0 aliphatic carbocycles. The number of hydrogen-bond donors (Lipinski definition) is 1. The second-order valence-electron chi connectivity index (χ2n) is 6.05. The van der Waals surface area contributed by atoms with Gasteiger partial charge in [-0.3, -0.25) is 4.79 Å². The smallest absolute Gasteiger partial charge is 0.189 e. The van der Waals surface area contributed by atoms with Crippen molar-refractivity contribution in [1.82, 2.24) is 0 Å². The summed E-state index contributed by atoms with van der Waals surface area (Å²) < 4.78 is 5.79. The monoisotopic (exact) mass is 306 g/mol. The summed E-state index contributed by atoms with van der Waals surface area (Å²) in [6.07, 6.45) is 7.04. The van der Waals surface area contributed by atoms with Gasteiger partial charge >= 0.3 is 0 Å². The Labute approximate surface area is 135 Å². The zero-order valence-corrected chi connectivity index (χ0v) is 13.1. The summed E-state index contributed by atoms with van der Waals surface area (Å²) in [4.78, 5) is 12.3. The Balaban J connectivity index is 1.89. The van der Waals surface area contributed by atoms with Crippen LogP contribution >= 0.6 is 0 Å². The molecule has 0 unspecified atom stereocenters. The molecule has 3 heteroatoms. The third-order valence-electron chi connectivity index (χ3n) is 3.66. The fourth-order valence-corrected chi connectivity index (χ4v) is 2.44. The summed E-state index contributed by atoms with van der Waals surface area (Å²) >= 11 is 0. The van der Waals surface area contributed by atoms with E-state index in [9.17, 15) is 9.90 Å². The minimum Gasteiger partial charge on any atom is -0.507 e. The van der Waals surface area contributed by atoms with Crippen LogP contribution in [0.25, 0.3) is 12.2 Å². The highest BCUT2D eigenvalue weighted by atomic mass is 16.5. The lowest BCUT2D eigenvalue weighted by Gasteiger charge is -2.28. The standard InChI is InChI=1S/C20H18O3/c1-20(2)11-10-15-12-16(18(22)13-19(15)23-20)17(21)9-8-14-6-4-3-5-7-14/h3-13,22H,1-2H3/b9-8+. The SMILES string of the molecule is CC1(C)C=Cc2cc(C(=O)/C=C/c3ccccc3)c(O)cc2O1. The number of fused-ring (bicyclic) bond motifs is 1. The zero-order valence-electron chi connectivity index (χ0n) is 13.1. The zero-order chi connectivity index (χ0) is 16.4. The molecule has 3 rings (SSSR count). The van der Waals surface area contributed by atoms with Crippen LogP contribution in [0.3, 0.4) is 0 Å². The van der Waals surface area contributed by atoms with Crippen LogP contribution in [0, 0.1) is 0 Å². The average Bonchev–Trinajstić information content (AvgIpc) is 2.52. The van der Waals surface area contributed by atoms with E-state index in [1.54, 1.807) is 12.1 Å². The van der Waals surface area contributed by atoms with Gasteiger partial charge in [-0.25, -0.2) is 0 Å². The van der Waals surface area contributed by atoms with Crippen LogP contribution < -0.4 is 4.74 Å². The normalized spacial score (nSPS) is 15.2. The van der Waals surface area contributed by atoms with Crippen molar-refractivity contribution in [3.63, 3.8) is 0 Å². The number of aromatic hydroxyl groups is 1. The number of carbonyl (C=O) groups excluding carboxylic acids is 1. The fourth-order valence-electron chi connectivity index (χ4n) is 2.44. The molecule has 1 N–H and O–H groups in total. The van der Waals surface area contributed by atoms with Crippen LogP contribution in [-0.2, 0) is 0 Å². The first-order valence-electron chi connectivity index (χ1n) is 7.47. The first-order chi connectivity index (χ1) is 10.9. The number of rotatable bonds is 3. The van der Waals surface area contributed by atoms with Gasteiger partial charge in [0.1, 0.15) is 17.1 Å². The van der Waals surface area contributed by atoms with Crippen LogP contribution in [0.2, 0.25) is 0 Å². The summed E-state index contributed by atoms with van der Waals surface area (Å²) in [5.74, 6) is 0.267. The van der Waals surface area contributed by atoms with Crippen molar-refractivity contribution in [2.45, 2.75) is 19.4 Å². The minimum atomic E-state index is -0.418. The molecule has 0 amide bonds. The van der Waals surface area contributed by atoms with E-state index < -0.39 is 5.60 Å². The lowest BCUT2D eigenvalue weighted by atomic mass is 9.98. The first kappa shape index (κ1) is 15.1. The Bertz CT molecular complexity index is 799. The molecule has 1 heterocycles. The predicted octanol–water partition coefficient (Wildman–Crippen LogP) is 4.47. The van der Waals surface area contributed by atoms with Crippen molar-refractivity contribution in [3.05, 3.63) is 71.3 Å². The van der Waals surface area contributed by atoms with Gasteiger partial charge in [-0.05, 0) is 37.6 Å². The maximum atomic E-state index is 12.3. The lowest BCUT2D eigenvalue weighted by molar-refractivity contribution is 0.104. The van der Waals surface area contributed by atoms with E-state index in [1.165, 1.54) is 12.1 Å². The molecule has 1 aliphatic rings. The molecular formula is C20H18O3. The number of allylic oxidation sites excluding steroid dienone is 1. The van der Waals surface area contributed by atoms with Crippen LogP contribution in [0.4, 0.5) is 0 Å². The Kier molecular flexibility index (Phi) is 3.78. The second kappa shape index (κ2) is 5.76. The Hall–Kier alpha value is -2.81. The van der Waals surface area contributed by atoms with Crippen molar-refractivity contribution in [1.29, 1.82) is 0 Å². The highest BCUT2D eigenvalue weighted by Gasteiger charge is 2.23. The third kappa shape index (κ3) is 3.34. The van der Waals surface area contributed by atoms with Gasteiger partial charge < -0.3 is 9.84 Å². The van der Waals surface area contributed by atoms with Gasteiger partial charge in [0.25, 0.3) is 0 Å². The van der Waals surface area contributed by atoms with Gasteiger partial charge in [0.15, 0.2) is 5.78 Å². The molecule has 0 fully saturated rings. The summed E-state index contributed by atoms with van der Waals surface area (Å²) in [6, 6.07) is 12.7. The van der Waals surface area contributed by atoms with Crippen molar-refractivity contribution < 1.29 is 14.6 Å². The maximum Gasteiger partial charge on any atom is 0.189 e. The first-order valence-corrected chi connectivity index (χ1v) is 7.47. The van der Waals surface area contributed by atoms with E-state index in [1.807, 2.05) is 56.3 Å².